The Kier molecular flexibility index (Phi) is 11.1. The third-order valence-electron chi connectivity index (χ3n) is 7.79. The number of carbonyl (C=O) groups is 2. The highest BCUT2D eigenvalue weighted by Crippen LogP contribution is 2.36. The number of nitro groups is 1. The number of hydrogen-bond donors (Lipinski definition) is 1. The number of rotatable bonds is 12. The molecule has 0 bridgehead atoms. The molecule has 1 N–H and O–H groups in total. The zero-order valence-corrected chi connectivity index (χ0v) is 28.2. The quantitative estimate of drug-likeness (QED) is 0.179. The van der Waals surface area contributed by atoms with E-state index in [0.717, 1.165) is 46.1 Å². The van der Waals surface area contributed by atoms with E-state index in [2.05, 4.69) is 21.2 Å². The highest BCUT2D eigenvalue weighted by atomic mass is 79.9. The molecule has 3 aromatic rings. The molecule has 0 radical (unpaired) electrons. The van der Waals surface area contributed by atoms with Crippen LogP contribution in [0.2, 0.25) is 5.02 Å². The van der Waals surface area contributed by atoms with Gasteiger partial charge in [-0.3, -0.25) is 24.0 Å². The number of nitrogens with one attached hydrogen (secondary N) is 1. The zero-order chi connectivity index (χ0) is 32.9. The molecule has 1 saturated carbocycles. The lowest BCUT2D eigenvalue weighted by atomic mass is 10.1. The number of carbonyl (C=O) groups excluding carboxylic acids is 2. The normalized spacial score (nSPS) is 14.1. The Bertz CT molecular complexity index is 1680. The van der Waals surface area contributed by atoms with Gasteiger partial charge in [-0.2, -0.15) is 0 Å². The van der Waals surface area contributed by atoms with E-state index in [1.54, 1.807) is 31.2 Å². The van der Waals surface area contributed by atoms with Crippen molar-refractivity contribution in [1.82, 2.24) is 10.2 Å². The molecule has 0 aliphatic heterocycles. The summed E-state index contributed by atoms with van der Waals surface area (Å²) in [5, 5.41) is 14.9. The van der Waals surface area contributed by atoms with Gasteiger partial charge in [-0.1, -0.05) is 58.6 Å². The highest BCUT2D eigenvalue weighted by molar-refractivity contribution is 9.10. The molecule has 240 valence electrons. The summed E-state index contributed by atoms with van der Waals surface area (Å²) < 4.78 is 35.5. The van der Waals surface area contributed by atoms with Crippen molar-refractivity contribution in [2.75, 3.05) is 18.0 Å². The first-order valence-electron chi connectivity index (χ1n) is 14.3. The Morgan fingerprint density at radius 1 is 1.11 bits per heavy atom. The van der Waals surface area contributed by atoms with Gasteiger partial charge in [0.1, 0.15) is 18.3 Å². The highest BCUT2D eigenvalue weighted by Gasteiger charge is 2.35. The fourth-order valence-corrected chi connectivity index (χ4v) is 7.07. The fraction of sp³-hybridized carbons (Fsp3) is 0.355. The van der Waals surface area contributed by atoms with Gasteiger partial charge in [-0.15, -0.1) is 0 Å². The number of benzene rings is 3. The number of amides is 2. The minimum atomic E-state index is -4.61. The molecule has 0 aromatic heterocycles. The number of anilines is 1. The maximum absolute atomic E-state index is 14.2. The topological polar surface area (TPSA) is 139 Å². The Labute approximate surface area is 275 Å². The van der Waals surface area contributed by atoms with E-state index in [9.17, 15) is 28.1 Å². The molecule has 0 spiro atoms. The summed E-state index contributed by atoms with van der Waals surface area (Å²) in [4.78, 5) is 39.5. The van der Waals surface area contributed by atoms with Gasteiger partial charge in [0.05, 0.1) is 22.6 Å². The van der Waals surface area contributed by atoms with E-state index in [0.29, 0.717) is 0 Å². The van der Waals surface area contributed by atoms with Crippen molar-refractivity contribution in [1.29, 1.82) is 0 Å². The van der Waals surface area contributed by atoms with Crippen molar-refractivity contribution in [2.45, 2.75) is 63.1 Å². The monoisotopic (exact) mass is 720 g/mol. The first-order chi connectivity index (χ1) is 21.3. The molecule has 1 fully saturated rings. The molecule has 1 atom stereocenters. The van der Waals surface area contributed by atoms with Crippen LogP contribution in [0.15, 0.2) is 70.0 Å². The maximum atomic E-state index is 14.2. The van der Waals surface area contributed by atoms with Crippen molar-refractivity contribution in [2.24, 2.45) is 0 Å². The first kappa shape index (κ1) is 34.2. The van der Waals surface area contributed by atoms with Gasteiger partial charge in [0.15, 0.2) is 0 Å². The van der Waals surface area contributed by atoms with E-state index in [1.165, 1.54) is 49.3 Å². The SMILES string of the molecule is COc1ccc(Cl)cc1N(CC(=O)N(Cc1ccc(Br)cc1)[C@@H](C)C(=O)NC1CCCC1)S(=O)(=O)c1ccc(C)c([N+](=O)[O-])c1. The average Bonchev–Trinajstić information content (AvgIpc) is 3.52. The predicted molar refractivity (Wildman–Crippen MR) is 175 cm³/mol. The smallest absolute Gasteiger partial charge is 0.273 e. The molecule has 11 nitrogen and oxygen atoms in total. The Morgan fingerprint density at radius 3 is 2.40 bits per heavy atom. The van der Waals surface area contributed by atoms with E-state index in [4.69, 9.17) is 16.3 Å². The second-order valence-corrected chi connectivity index (χ2v) is 14.1. The van der Waals surface area contributed by atoms with Crippen LogP contribution in [-0.4, -0.2) is 55.8 Å². The van der Waals surface area contributed by atoms with Crippen LogP contribution in [-0.2, 0) is 26.2 Å². The van der Waals surface area contributed by atoms with Crippen molar-refractivity contribution in [3.8, 4) is 5.75 Å². The largest absolute Gasteiger partial charge is 0.495 e. The number of hydrogen-bond acceptors (Lipinski definition) is 7. The Balaban J connectivity index is 1.78. The minimum Gasteiger partial charge on any atom is -0.495 e. The van der Waals surface area contributed by atoms with Gasteiger partial charge in [-0.25, -0.2) is 8.42 Å². The third kappa shape index (κ3) is 8.13. The number of aryl methyl sites for hydroxylation is 1. The molecule has 0 unspecified atom stereocenters. The summed E-state index contributed by atoms with van der Waals surface area (Å²) in [5.74, 6) is -0.931. The average molecular weight is 722 g/mol. The fourth-order valence-electron chi connectivity index (χ4n) is 5.21. The molecular formula is C31H34BrClN4O7S. The van der Waals surface area contributed by atoms with Crippen molar-refractivity contribution in [3.05, 3.63) is 91.4 Å². The predicted octanol–water partition coefficient (Wildman–Crippen LogP) is 6.00. The summed E-state index contributed by atoms with van der Waals surface area (Å²) in [5.41, 5.74) is 0.545. The molecule has 4 rings (SSSR count). The van der Waals surface area contributed by atoms with Crippen molar-refractivity contribution in [3.63, 3.8) is 0 Å². The molecule has 3 aromatic carbocycles. The van der Waals surface area contributed by atoms with Gasteiger partial charge in [-0.05, 0) is 68.7 Å². The van der Waals surface area contributed by atoms with Crippen LogP contribution in [0.3, 0.4) is 0 Å². The van der Waals surface area contributed by atoms with E-state index >= 15 is 0 Å². The minimum absolute atomic E-state index is 0.00880. The lowest BCUT2D eigenvalue weighted by molar-refractivity contribution is -0.385. The molecule has 0 heterocycles. The second-order valence-electron chi connectivity index (χ2n) is 10.8. The zero-order valence-electron chi connectivity index (χ0n) is 25.0. The number of nitro benzene ring substituents is 1. The number of sulfonamides is 1. The van der Waals surface area contributed by atoms with E-state index in [-0.39, 0.29) is 40.5 Å². The summed E-state index contributed by atoms with van der Waals surface area (Å²) in [6.45, 7) is 2.36. The Hall–Kier alpha value is -3.68. The molecule has 14 heteroatoms. The summed E-state index contributed by atoms with van der Waals surface area (Å²) in [6.07, 6.45) is 3.71. The summed E-state index contributed by atoms with van der Waals surface area (Å²) in [7, 11) is -3.27. The molecule has 45 heavy (non-hydrogen) atoms. The van der Waals surface area contributed by atoms with Crippen molar-refractivity contribution < 1.29 is 27.7 Å². The number of ether oxygens (including phenoxy) is 1. The number of nitrogens with zero attached hydrogens (tertiary/aromatic N) is 3. The van der Waals surface area contributed by atoms with Gasteiger partial charge in [0.25, 0.3) is 15.7 Å². The van der Waals surface area contributed by atoms with E-state index < -0.39 is 44.0 Å². The number of halogens is 2. The van der Waals surface area contributed by atoms with Crippen LogP contribution in [0.4, 0.5) is 11.4 Å². The van der Waals surface area contributed by atoms with Crippen LogP contribution in [0.1, 0.15) is 43.7 Å². The first-order valence-corrected chi connectivity index (χ1v) is 16.9. The third-order valence-corrected chi connectivity index (χ3v) is 10.3. The maximum Gasteiger partial charge on any atom is 0.273 e. The Morgan fingerprint density at radius 2 is 1.78 bits per heavy atom. The van der Waals surface area contributed by atoms with Gasteiger partial charge < -0.3 is 15.0 Å². The molecular weight excluding hydrogens is 688 g/mol. The molecule has 2 amide bonds. The van der Waals surface area contributed by atoms with Crippen LogP contribution in [0.25, 0.3) is 0 Å². The number of methoxy groups -OCH3 is 1. The lowest BCUT2D eigenvalue weighted by Gasteiger charge is -2.33. The van der Waals surface area contributed by atoms with Crippen LogP contribution in [0.5, 0.6) is 5.75 Å². The standard InChI is InChI=1S/C31H34BrClN4O7S/c1-20-8-14-26(17-27(20)37(40)41)45(42,43)36(28-16-24(33)13-15-29(28)44-3)19-30(38)35(18-22-9-11-23(32)12-10-22)21(2)31(39)34-25-6-4-5-7-25/h8-17,21,25H,4-7,18-19H2,1-3H3,(H,34,39)/t21-/m0/s1. The summed E-state index contributed by atoms with van der Waals surface area (Å²) >= 11 is 9.67. The van der Waals surface area contributed by atoms with E-state index in [1.807, 2.05) is 0 Å². The van der Waals surface area contributed by atoms with Crippen LogP contribution >= 0.6 is 27.5 Å². The molecule has 0 saturated heterocycles. The lowest BCUT2D eigenvalue weighted by Crippen LogP contribution is -2.52. The van der Waals surface area contributed by atoms with Crippen LogP contribution in [0, 0.1) is 17.0 Å². The molecule has 1 aliphatic rings. The van der Waals surface area contributed by atoms with Gasteiger partial charge in [0.2, 0.25) is 11.8 Å². The van der Waals surface area contributed by atoms with Crippen molar-refractivity contribution >= 4 is 60.7 Å². The molecule has 1 aliphatic carbocycles. The van der Waals surface area contributed by atoms with Gasteiger partial charge >= 0.3 is 0 Å². The second kappa shape index (κ2) is 14.6. The summed E-state index contributed by atoms with van der Waals surface area (Å²) in [6, 6.07) is 14.1. The van der Waals surface area contributed by atoms with Gasteiger partial charge in [0, 0.05) is 33.7 Å². The van der Waals surface area contributed by atoms with Crippen LogP contribution < -0.4 is 14.4 Å².